The van der Waals surface area contributed by atoms with Gasteiger partial charge in [0.15, 0.2) is 11.5 Å². The molecule has 0 amide bonds. The Morgan fingerprint density at radius 1 is 1.18 bits per heavy atom. The van der Waals surface area contributed by atoms with Crippen molar-refractivity contribution in [2.75, 3.05) is 33.9 Å². The zero-order chi connectivity index (χ0) is 15.1. The summed E-state index contributed by atoms with van der Waals surface area (Å²) in [6.07, 6.45) is 5.07. The van der Waals surface area contributed by atoms with E-state index in [9.17, 15) is 0 Å². The van der Waals surface area contributed by atoms with Crippen LogP contribution in [0.15, 0.2) is 12.1 Å². The highest BCUT2D eigenvalue weighted by molar-refractivity contribution is 5.49. The third-order valence-electron chi connectivity index (χ3n) is 5.79. The number of nitrogens with one attached hydrogen (secondary N) is 1. The molecule has 2 saturated heterocycles. The Kier molecular flexibility index (Phi) is 3.74. The largest absolute Gasteiger partial charge is 0.493 e. The zero-order valence-electron chi connectivity index (χ0n) is 13.6. The molecule has 2 fully saturated rings. The van der Waals surface area contributed by atoms with Gasteiger partial charge in [0.05, 0.1) is 14.2 Å². The van der Waals surface area contributed by atoms with Gasteiger partial charge in [0, 0.05) is 25.2 Å². The van der Waals surface area contributed by atoms with Gasteiger partial charge in [-0.3, -0.25) is 4.90 Å². The van der Waals surface area contributed by atoms with Crippen molar-refractivity contribution in [2.45, 2.75) is 37.8 Å². The summed E-state index contributed by atoms with van der Waals surface area (Å²) in [6, 6.07) is 5.63. The zero-order valence-corrected chi connectivity index (χ0v) is 13.6. The maximum Gasteiger partial charge on any atom is 0.161 e. The molecule has 0 aliphatic carbocycles. The van der Waals surface area contributed by atoms with Crippen molar-refractivity contribution in [3.63, 3.8) is 0 Å². The molecule has 0 spiro atoms. The van der Waals surface area contributed by atoms with Crippen molar-refractivity contribution < 1.29 is 9.47 Å². The summed E-state index contributed by atoms with van der Waals surface area (Å²) in [5, 5.41) is 3.75. The molecule has 1 aromatic rings. The number of rotatable bonds is 2. The molecule has 3 heterocycles. The first-order valence-corrected chi connectivity index (χ1v) is 8.52. The van der Waals surface area contributed by atoms with E-state index in [1.54, 1.807) is 14.2 Å². The van der Waals surface area contributed by atoms with Crippen LogP contribution in [0.25, 0.3) is 0 Å². The quantitative estimate of drug-likeness (QED) is 0.909. The van der Waals surface area contributed by atoms with Gasteiger partial charge in [-0.2, -0.15) is 0 Å². The monoisotopic (exact) mass is 302 g/mol. The molecule has 120 valence electrons. The van der Waals surface area contributed by atoms with Gasteiger partial charge in [-0.25, -0.2) is 0 Å². The van der Waals surface area contributed by atoms with Crippen LogP contribution in [0.5, 0.6) is 11.5 Å². The van der Waals surface area contributed by atoms with Crippen molar-refractivity contribution in [2.24, 2.45) is 5.92 Å². The molecule has 1 N–H and O–H groups in total. The van der Waals surface area contributed by atoms with Crippen LogP contribution in [0.2, 0.25) is 0 Å². The first-order chi connectivity index (χ1) is 10.8. The lowest BCUT2D eigenvalue weighted by atomic mass is 9.77. The van der Waals surface area contributed by atoms with Crippen LogP contribution in [-0.4, -0.2) is 44.8 Å². The summed E-state index contributed by atoms with van der Waals surface area (Å²) in [4.78, 5) is 2.70. The van der Waals surface area contributed by atoms with Crippen LogP contribution in [-0.2, 0) is 6.42 Å². The predicted molar refractivity (Wildman–Crippen MR) is 86.7 cm³/mol. The highest BCUT2D eigenvalue weighted by Gasteiger charge is 2.39. The standard InChI is InChI=1S/C18H26N2O2/c1-21-17-8-12-5-7-20-11-13-4-3-6-19-15(13)10-16(20)14(12)9-18(17)22-2/h8-9,13,15-16,19H,3-7,10-11H2,1-2H3. The van der Waals surface area contributed by atoms with Gasteiger partial charge in [0.2, 0.25) is 0 Å². The van der Waals surface area contributed by atoms with Crippen molar-refractivity contribution in [1.82, 2.24) is 10.2 Å². The van der Waals surface area contributed by atoms with E-state index in [1.165, 1.54) is 50.0 Å². The van der Waals surface area contributed by atoms with E-state index >= 15 is 0 Å². The van der Waals surface area contributed by atoms with Gasteiger partial charge in [0.25, 0.3) is 0 Å². The van der Waals surface area contributed by atoms with E-state index < -0.39 is 0 Å². The van der Waals surface area contributed by atoms with Crippen LogP contribution in [0.4, 0.5) is 0 Å². The second kappa shape index (κ2) is 5.74. The van der Waals surface area contributed by atoms with Crippen molar-refractivity contribution in [3.8, 4) is 11.5 Å². The number of piperidine rings is 2. The maximum atomic E-state index is 5.53. The molecule has 0 aromatic heterocycles. The molecule has 4 rings (SSSR count). The number of methoxy groups -OCH3 is 2. The van der Waals surface area contributed by atoms with E-state index in [0.29, 0.717) is 12.1 Å². The van der Waals surface area contributed by atoms with E-state index in [1.807, 2.05) is 0 Å². The first kappa shape index (κ1) is 14.3. The van der Waals surface area contributed by atoms with Crippen LogP contribution in [0.3, 0.4) is 0 Å². The van der Waals surface area contributed by atoms with Gasteiger partial charge in [-0.15, -0.1) is 0 Å². The Hall–Kier alpha value is -1.26. The molecule has 3 atom stereocenters. The number of fused-ring (bicyclic) bond motifs is 4. The van der Waals surface area contributed by atoms with Crippen LogP contribution in [0, 0.1) is 5.92 Å². The number of hydrogen-bond acceptors (Lipinski definition) is 4. The number of ether oxygens (including phenoxy) is 2. The minimum atomic E-state index is 0.537. The number of hydrogen-bond donors (Lipinski definition) is 1. The molecular formula is C18H26N2O2. The average Bonchev–Trinajstić information content (AvgIpc) is 2.58. The lowest BCUT2D eigenvalue weighted by Crippen LogP contribution is -2.54. The van der Waals surface area contributed by atoms with Gasteiger partial charge in [-0.05, 0) is 61.4 Å². The molecule has 3 aliphatic heterocycles. The minimum absolute atomic E-state index is 0.537. The lowest BCUT2D eigenvalue weighted by molar-refractivity contribution is 0.0550. The summed E-state index contributed by atoms with van der Waals surface area (Å²) in [6.45, 7) is 3.61. The number of nitrogens with zero attached hydrogens (tertiary/aromatic N) is 1. The summed E-state index contributed by atoms with van der Waals surface area (Å²) in [7, 11) is 3.45. The van der Waals surface area contributed by atoms with Crippen LogP contribution in [0.1, 0.15) is 36.4 Å². The molecule has 3 aliphatic rings. The molecule has 0 radical (unpaired) electrons. The Morgan fingerprint density at radius 3 is 2.82 bits per heavy atom. The second-order valence-corrected chi connectivity index (χ2v) is 6.87. The SMILES string of the molecule is COc1cc2c(cc1OC)C1CC3NCCCC3CN1CC2. The fraction of sp³-hybridized carbons (Fsp3) is 0.667. The first-order valence-electron chi connectivity index (χ1n) is 8.52. The molecular weight excluding hydrogens is 276 g/mol. The van der Waals surface area contributed by atoms with Crippen molar-refractivity contribution >= 4 is 0 Å². The van der Waals surface area contributed by atoms with Gasteiger partial charge < -0.3 is 14.8 Å². The highest BCUT2D eigenvalue weighted by Crippen LogP contribution is 2.43. The van der Waals surface area contributed by atoms with Gasteiger partial charge >= 0.3 is 0 Å². The van der Waals surface area contributed by atoms with Gasteiger partial charge in [-0.1, -0.05) is 0 Å². The number of benzene rings is 1. The van der Waals surface area contributed by atoms with E-state index in [2.05, 4.69) is 22.3 Å². The third kappa shape index (κ3) is 2.29. The molecule has 4 heteroatoms. The average molecular weight is 302 g/mol. The third-order valence-corrected chi connectivity index (χ3v) is 5.79. The van der Waals surface area contributed by atoms with Crippen molar-refractivity contribution in [1.29, 1.82) is 0 Å². The van der Waals surface area contributed by atoms with Gasteiger partial charge in [0.1, 0.15) is 0 Å². The fourth-order valence-corrected chi connectivity index (χ4v) is 4.63. The fourth-order valence-electron chi connectivity index (χ4n) is 4.63. The van der Waals surface area contributed by atoms with Crippen LogP contribution >= 0.6 is 0 Å². The molecule has 22 heavy (non-hydrogen) atoms. The predicted octanol–water partition coefficient (Wildman–Crippen LogP) is 2.37. The maximum absolute atomic E-state index is 5.53. The lowest BCUT2D eigenvalue weighted by Gasteiger charge is -2.49. The summed E-state index contributed by atoms with van der Waals surface area (Å²) < 4.78 is 11.0. The van der Waals surface area contributed by atoms with E-state index in [-0.39, 0.29) is 0 Å². The molecule has 0 bridgehead atoms. The van der Waals surface area contributed by atoms with Crippen LogP contribution < -0.4 is 14.8 Å². The van der Waals surface area contributed by atoms with E-state index in [4.69, 9.17) is 9.47 Å². The van der Waals surface area contributed by atoms with E-state index in [0.717, 1.165) is 23.8 Å². The summed E-state index contributed by atoms with van der Waals surface area (Å²) >= 11 is 0. The Bertz CT molecular complexity index is 560. The molecule has 4 nitrogen and oxygen atoms in total. The smallest absolute Gasteiger partial charge is 0.161 e. The molecule has 1 aromatic carbocycles. The summed E-state index contributed by atoms with van der Waals surface area (Å²) in [5.41, 5.74) is 2.89. The topological polar surface area (TPSA) is 33.7 Å². The Morgan fingerprint density at radius 2 is 2.00 bits per heavy atom. The highest BCUT2D eigenvalue weighted by atomic mass is 16.5. The van der Waals surface area contributed by atoms with Crippen molar-refractivity contribution in [3.05, 3.63) is 23.3 Å². The molecule has 0 saturated carbocycles. The summed E-state index contributed by atoms with van der Waals surface area (Å²) in [5.74, 6) is 2.56. The normalized spacial score (nSPS) is 30.9. The molecule has 3 unspecified atom stereocenters. The second-order valence-electron chi connectivity index (χ2n) is 6.87. The Balaban J connectivity index is 1.67. The Labute approximate surface area is 132 Å². The minimum Gasteiger partial charge on any atom is -0.493 e.